The Kier molecular flexibility index (Phi) is 3.52. The van der Waals surface area contributed by atoms with Crippen molar-refractivity contribution in [3.8, 4) is 23.0 Å². The summed E-state index contributed by atoms with van der Waals surface area (Å²) in [4.78, 5) is 15.6. The number of amides is 1. The van der Waals surface area contributed by atoms with E-state index >= 15 is 0 Å². The van der Waals surface area contributed by atoms with Crippen LogP contribution in [0.4, 0.5) is 5.82 Å². The number of carbonyl (C=O) groups excluding carboxylic acids is 1. The molecule has 0 bridgehead atoms. The molecule has 0 saturated carbocycles. The lowest BCUT2D eigenvalue weighted by Gasteiger charge is -2.00. The summed E-state index contributed by atoms with van der Waals surface area (Å²) in [5.41, 5.74) is 6.98. The monoisotopic (exact) mass is 299 g/mol. The Bertz CT molecular complexity index is 794. The van der Waals surface area contributed by atoms with Crippen molar-refractivity contribution in [3.63, 3.8) is 0 Å². The third-order valence-corrected chi connectivity index (χ3v) is 3.01. The molecule has 0 atom stereocenters. The van der Waals surface area contributed by atoms with E-state index in [0.29, 0.717) is 5.82 Å². The average Bonchev–Trinajstić information content (AvgIpc) is 3.16. The van der Waals surface area contributed by atoms with Gasteiger partial charge in [-0.3, -0.25) is 4.79 Å². The first kappa shape index (κ1) is 13.7. The van der Waals surface area contributed by atoms with Crippen LogP contribution >= 0.6 is 0 Å². The molecule has 0 radical (unpaired) electrons. The van der Waals surface area contributed by atoms with Gasteiger partial charge < -0.3 is 15.6 Å². The molecule has 0 aliphatic carbocycles. The maximum absolute atomic E-state index is 11.4. The van der Waals surface area contributed by atoms with Crippen molar-refractivity contribution < 1.29 is 9.32 Å². The van der Waals surface area contributed by atoms with E-state index in [2.05, 4.69) is 25.8 Å². The predicted octanol–water partition coefficient (Wildman–Crippen LogP) is 0.323. The van der Waals surface area contributed by atoms with Crippen molar-refractivity contribution in [2.24, 2.45) is 0 Å². The van der Waals surface area contributed by atoms with Gasteiger partial charge >= 0.3 is 0 Å². The van der Waals surface area contributed by atoms with Crippen LogP contribution in [0.15, 0.2) is 34.9 Å². The van der Waals surface area contributed by atoms with Gasteiger partial charge in [0.1, 0.15) is 6.54 Å². The number of benzene rings is 1. The lowest BCUT2D eigenvalue weighted by atomic mass is 10.2. The number of rotatable bonds is 4. The van der Waals surface area contributed by atoms with Gasteiger partial charge in [0.2, 0.25) is 11.7 Å². The maximum Gasteiger partial charge on any atom is 0.282 e. The van der Waals surface area contributed by atoms with Gasteiger partial charge in [-0.25, -0.2) is 4.68 Å². The largest absolute Gasteiger partial charge is 0.382 e. The lowest BCUT2D eigenvalue weighted by Crippen LogP contribution is -2.24. The van der Waals surface area contributed by atoms with Gasteiger partial charge in [0.05, 0.1) is 0 Å². The van der Waals surface area contributed by atoms with Gasteiger partial charge in [-0.1, -0.05) is 40.7 Å². The van der Waals surface area contributed by atoms with Crippen molar-refractivity contribution in [2.45, 2.75) is 6.54 Å². The molecular weight excluding hydrogens is 286 g/mol. The molecule has 0 aliphatic rings. The summed E-state index contributed by atoms with van der Waals surface area (Å²) in [6, 6.07) is 9.37. The fourth-order valence-corrected chi connectivity index (χ4v) is 1.83. The Balaban J connectivity index is 1.90. The normalized spacial score (nSPS) is 10.6. The maximum atomic E-state index is 11.4. The van der Waals surface area contributed by atoms with E-state index in [1.807, 2.05) is 30.3 Å². The highest BCUT2D eigenvalue weighted by Crippen LogP contribution is 2.24. The van der Waals surface area contributed by atoms with E-state index in [4.69, 9.17) is 10.3 Å². The topological polar surface area (TPSA) is 125 Å². The molecule has 0 spiro atoms. The molecular formula is C13H13N7O2. The Morgan fingerprint density at radius 3 is 2.86 bits per heavy atom. The highest BCUT2D eigenvalue weighted by molar-refractivity contribution is 5.76. The fourth-order valence-electron chi connectivity index (χ4n) is 1.83. The Morgan fingerprint density at radius 2 is 2.14 bits per heavy atom. The number of aromatic nitrogens is 5. The van der Waals surface area contributed by atoms with Crippen LogP contribution in [0.5, 0.6) is 0 Å². The highest BCUT2D eigenvalue weighted by atomic mass is 16.5. The molecule has 112 valence electrons. The van der Waals surface area contributed by atoms with Crippen LogP contribution in [0.25, 0.3) is 23.0 Å². The Morgan fingerprint density at radius 1 is 1.36 bits per heavy atom. The van der Waals surface area contributed by atoms with Gasteiger partial charge in [0.15, 0.2) is 11.5 Å². The van der Waals surface area contributed by atoms with Crippen molar-refractivity contribution in [3.05, 3.63) is 30.3 Å². The summed E-state index contributed by atoms with van der Waals surface area (Å²) in [5.74, 6) is 0.529. The summed E-state index contributed by atoms with van der Waals surface area (Å²) < 4.78 is 6.44. The van der Waals surface area contributed by atoms with Gasteiger partial charge in [-0.15, -0.1) is 5.10 Å². The molecule has 1 aromatic carbocycles. The SMILES string of the molecule is CNC(=O)Cn1nnc(-c2nc(-c3ccccc3)no2)c1N. The first-order chi connectivity index (χ1) is 10.7. The van der Waals surface area contributed by atoms with E-state index < -0.39 is 0 Å². The number of likely N-dealkylation sites (N-methyl/N-ethyl adjacent to an activating group) is 1. The first-order valence-corrected chi connectivity index (χ1v) is 6.48. The number of hydrogen-bond acceptors (Lipinski definition) is 7. The molecule has 2 aromatic heterocycles. The molecule has 0 unspecified atom stereocenters. The second kappa shape index (κ2) is 5.64. The van der Waals surface area contributed by atoms with Gasteiger partial charge in [0, 0.05) is 12.6 Å². The standard InChI is InChI=1S/C13H13N7O2/c1-15-9(21)7-20-11(14)10(17-19-20)13-16-12(18-22-13)8-5-3-2-4-6-8/h2-6H,7,14H2,1H3,(H,15,21). The fraction of sp³-hybridized carbons (Fsp3) is 0.154. The number of nitrogens with two attached hydrogens (primary N) is 1. The van der Waals surface area contributed by atoms with Crippen molar-refractivity contribution in [1.29, 1.82) is 0 Å². The lowest BCUT2D eigenvalue weighted by molar-refractivity contribution is -0.121. The second-order valence-corrected chi connectivity index (χ2v) is 4.44. The Labute approximate surface area is 125 Å². The number of nitrogens with one attached hydrogen (secondary N) is 1. The van der Waals surface area contributed by atoms with Crippen LogP contribution in [0.1, 0.15) is 0 Å². The minimum Gasteiger partial charge on any atom is -0.382 e. The van der Waals surface area contributed by atoms with Crippen molar-refractivity contribution in [2.75, 3.05) is 12.8 Å². The van der Waals surface area contributed by atoms with Crippen LogP contribution in [0.3, 0.4) is 0 Å². The summed E-state index contributed by atoms with van der Waals surface area (Å²) in [6.07, 6.45) is 0. The molecule has 0 aliphatic heterocycles. The molecule has 3 aromatic rings. The molecule has 9 heteroatoms. The summed E-state index contributed by atoms with van der Waals surface area (Å²) >= 11 is 0. The number of hydrogen-bond donors (Lipinski definition) is 2. The molecule has 9 nitrogen and oxygen atoms in total. The minimum absolute atomic E-state index is 0.0327. The number of carbonyl (C=O) groups is 1. The van der Waals surface area contributed by atoms with Crippen LogP contribution in [-0.4, -0.2) is 38.1 Å². The number of nitrogen functional groups attached to an aromatic ring is 1. The third kappa shape index (κ3) is 2.51. The van der Waals surface area contributed by atoms with Crippen molar-refractivity contribution >= 4 is 11.7 Å². The Hall–Kier alpha value is -3.23. The van der Waals surface area contributed by atoms with Crippen LogP contribution in [0, 0.1) is 0 Å². The quantitative estimate of drug-likeness (QED) is 0.710. The molecule has 0 fully saturated rings. The van der Waals surface area contributed by atoms with Gasteiger partial charge in [-0.05, 0) is 0 Å². The van der Waals surface area contributed by atoms with Crippen LogP contribution < -0.4 is 11.1 Å². The molecule has 22 heavy (non-hydrogen) atoms. The van der Waals surface area contributed by atoms with Crippen molar-refractivity contribution in [1.82, 2.24) is 30.5 Å². The molecule has 2 heterocycles. The molecule has 3 rings (SSSR count). The molecule has 0 saturated heterocycles. The van der Waals surface area contributed by atoms with E-state index in [-0.39, 0.29) is 29.9 Å². The predicted molar refractivity (Wildman–Crippen MR) is 77.2 cm³/mol. The van der Waals surface area contributed by atoms with Gasteiger partial charge in [0.25, 0.3) is 5.89 Å². The highest BCUT2D eigenvalue weighted by Gasteiger charge is 2.19. The summed E-state index contributed by atoms with van der Waals surface area (Å²) in [5, 5.41) is 14.1. The van der Waals surface area contributed by atoms with E-state index in [9.17, 15) is 4.79 Å². The zero-order valence-corrected chi connectivity index (χ0v) is 11.7. The summed E-state index contributed by atoms with van der Waals surface area (Å²) in [6.45, 7) is -0.0327. The zero-order chi connectivity index (χ0) is 15.5. The molecule has 3 N–H and O–H groups in total. The van der Waals surface area contributed by atoms with Crippen LogP contribution in [-0.2, 0) is 11.3 Å². The smallest absolute Gasteiger partial charge is 0.282 e. The average molecular weight is 299 g/mol. The van der Waals surface area contributed by atoms with Gasteiger partial charge in [-0.2, -0.15) is 4.98 Å². The van der Waals surface area contributed by atoms with Crippen LogP contribution in [0.2, 0.25) is 0 Å². The minimum atomic E-state index is -0.237. The van der Waals surface area contributed by atoms with E-state index in [1.165, 1.54) is 11.7 Å². The molecule has 1 amide bonds. The summed E-state index contributed by atoms with van der Waals surface area (Å²) in [7, 11) is 1.53. The van der Waals surface area contributed by atoms with E-state index in [1.54, 1.807) is 0 Å². The first-order valence-electron chi connectivity index (χ1n) is 6.48. The zero-order valence-electron chi connectivity index (χ0n) is 11.7. The number of anilines is 1. The van der Waals surface area contributed by atoms with E-state index in [0.717, 1.165) is 5.56 Å². The number of nitrogens with zero attached hydrogens (tertiary/aromatic N) is 5. The third-order valence-electron chi connectivity index (χ3n) is 3.01. The second-order valence-electron chi connectivity index (χ2n) is 4.44.